The highest BCUT2D eigenvalue weighted by Crippen LogP contribution is 2.29. The summed E-state index contributed by atoms with van der Waals surface area (Å²) in [6.45, 7) is 2.50. The highest BCUT2D eigenvalue weighted by Gasteiger charge is 2.38. The van der Waals surface area contributed by atoms with Gasteiger partial charge in [0.2, 0.25) is 17.7 Å². The maximum atomic E-state index is 12.9. The number of anilines is 1. The smallest absolute Gasteiger partial charge is 0.245 e. The first-order valence-electron chi connectivity index (χ1n) is 10.2. The number of hydrogen-bond acceptors (Lipinski definition) is 4. The molecule has 1 saturated carbocycles. The van der Waals surface area contributed by atoms with Crippen molar-refractivity contribution in [1.29, 1.82) is 0 Å². The number of amides is 3. The van der Waals surface area contributed by atoms with Gasteiger partial charge < -0.3 is 15.1 Å². The molecule has 2 fully saturated rings. The molecular weight excluding hydrogens is 356 g/mol. The fourth-order valence-electron chi connectivity index (χ4n) is 4.21. The quantitative estimate of drug-likeness (QED) is 0.842. The number of likely N-dealkylation sites (N-methyl/N-ethyl adjacent to an activating group) is 1. The van der Waals surface area contributed by atoms with Crippen molar-refractivity contribution in [3.05, 3.63) is 23.9 Å². The van der Waals surface area contributed by atoms with Gasteiger partial charge in [-0.2, -0.15) is 0 Å². The minimum Gasteiger partial charge on any atom is -0.335 e. The van der Waals surface area contributed by atoms with E-state index in [0.29, 0.717) is 18.8 Å². The Bertz CT molecular complexity index is 730. The van der Waals surface area contributed by atoms with Crippen molar-refractivity contribution < 1.29 is 14.4 Å². The van der Waals surface area contributed by atoms with Gasteiger partial charge in [-0.3, -0.25) is 14.4 Å². The predicted molar refractivity (Wildman–Crippen MR) is 107 cm³/mol. The van der Waals surface area contributed by atoms with E-state index in [1.54, 1.807) is 24.2 Å². The first-order chi connectivity index (χ1) is 13.5. The Morgan fingerprint density at radius 1 is 1.18 bits per heavy atom. The van der Waals surface area contributed by atoms with Gasteiger partial charge in [-0.15, -0.1) is 0 Å². The van der Waals surface area contributed by atoms with E-state index in [4.69, 9.17) is 0 Å². The fraction of sp³-hybridized carbons (Fsp3) is 0.619. The van der Waals surface area contributed by atoms with E-state index < -0.39 is 6.04 Å². The topological polar surface area (TPSA) is 82.6 Å². The predicted octanol–water partition coefficient (Wildman–Crippen LogP) is 2.36. The van der Waals surface area contributed by atoms with Crippen LogP contribution in [0.15, 0.2) is 18.3 Å². The van der Waals surface area contributed by atoms with E-state index in [1.165, 1.54) is 11.3 Å². The zero-order valence-corrected chi connectivity index (χ0v) is 16.8. The second-order valence-electron chi connectivity index (χ2n) is 7.99. The van der Waals surface area contributed by atoms with Crippen LogP contribution in [0.4, 0.5) is 5.82 Å². The minimum absolute atomic E-state index is 0.0585. The number of aromatic nitrogens is 1. The molecule has 152 valence electrons. The van der Waals surface area contributed by atoms with Crippen molar-refractivity contribution in [1.82, 2.24) is 14.8 Å². The van der Waals surface area contributed by atoms with Crippen LogP contribution in [0, 0.1) is 12.8 Å². The van der Waals surface area contributed by atoms with Crippen molar-refractivity contribution in [2.75, 3.05) is 25.5 Å². The molecule has 0 bridgehead atoms. The lowest BCUT2D eigenvalue weighted by Gasteiger charge is -2.31. The molecule has 1 atom stereocenters. The molecular formula is C21H30N4O3. The second kappa shape index (κ2) is 9.17. The van der Waals surface area contributed by atoms with Crippen molar-refractivity contribution in [3.8, 4) is 0 Å². The summed E-state index contributed by atoms with van der Waals surface area (Å²) < 4.78 is 0. The average molecular weight is 386 g/mol. The number of nitrogens with one attached hydrogen (secondary N) is 1. The summed E-state index contributed by atoms with van der Waals surface area (Å²) in [4.78, 5) is 45.4. The van der Waals surface area contributed by atoms with Crippen LogP contribution in [-0.4, -0.2) is 58.7 Å². The Hall–Kier alpha value is -2.44. The largest absolute Gasteiger partial charge is 0.335 e. The summed E-state index contributed by atoms with van der Waals surface area (Å²) >= 11 is 0. The van der Waals surface area contributed by atoms with Crippen LogP contribution in [0.3, 0.4) is 0 Å². The Morgan fingerprint density at radius 3 is 2.64 bits per heavy atom. The van der Waals surface area contributed by atoms with Gasteiger partial charge in [0.25, 0.3) is 0 Å². The lowest BCUT2D eigenvalue weighted by molar-refractivity contribution is -0.146. The van der Waals surface area contributed by atoms with Crippen LogP contribution in [0.5, 0.6) is 0 Å². The van der Waals surface area contributed by atoms with E-state index in [2.05, 4.69) is 10.3 Å². The molecule has 28 heavy (non-hydrogen) atoms. The maximum Gasteiger partial charge on any atom is 0.245 e. The first kappa shape index (κ1) is 20.3. The zero-order chi connectivity index (χ0) is 20.1. The van der Waals surface area contributed by atoms with Crippen LogP contribution in [0.1, 0.15) is 50.5 Å². The number of carbonyl (C=O) groups is 3. The Morgan fingerprint density at radius 2 is 1.93 bits per heavy atom. The fourth-order valence-corrected chi connectivity index (χ4v) is 4.21. The molecule has 0 radical (unpaired) electrons. The molecule has 0 aromatic carbocycles. The van der Waals surface area contributed by atoms with Gasteiger partial charge in [-0.25, -0.2) is 4.98 Å². The van der Waals surface area contributed by atoms with E-state index in [-0.39, 0.29) is 30.2 Å². The van der Waals surface area contributed by atoms with E-state index in [9.17, 15) is 14.4 Å². The van der Waals surface area contributed by atoms with Gasteiger partial charge >= 0.3 is 0 Å². The van der Waals surface area contributed by atoms with Crippen LogP contribution >= 0.6 is 0 Å². The van der Waals surface area contributed by atoms with Crippen LogP contribution in [-0.2, 0) is 14.4 Å². The number of aryl methyl sites for hydroxylation is 1. The molecule has 1 saturated heterocycles. The molecule has 1 unspecified atom stereocenters. The maximum absolute atomic E-state index is 12.9. The molecule has 1 aliphatic carbocycles. The normalized spacial score (nSPS) is 20.1. The van der Waals surface area contributed by atoms with Gasteiger partial charge in [-0.05, 0) is 50.3 Å². The van der Waals surface area contributed by atoms with Crippen molar-refractivity contribution >= 4 is 23.5 Å². The van der Waals surface area contributed by atoms with Gasteiger partial charge in [0.05, 0.1) is 6.54 Å². The number of pyridine rings is 1. The molecule has 1 aromatic heterocycles. The molecule has 7 nitrogen and oxygen atoms in total. The van der Waals surface area contributed by atoms with E-state index >= 15 is 0 Å². The third kappa shape index (κ3) is 4.88. The number of carbonyl (C=O) groups excluding carboxylic acids is 3. The lowest BCUT2D eigenvalue weighted by Crippen LogP contribution is -2.49. The first-order valence-corrected chi connectivity index (χ1v) is 10.2. The van der Waals surface area contributed by atoms with Gasteiger partial charge in [0.15, 0.2) is 0 Å². The van der Waals surface area contributed by atoms with Gasteiger partial charge in [0, 0.05) is 25.7 Å². The number of rotatable bonds is 5. The molecule has 3 amide bonds. The molecule has 3 rings (SSSR count). The highest BCUT2D eigenvalue weighted by atomic mass is 16.2. The molecule has 2 heterocycles. The SMILES string of the molecule is Cc1ccnc(NC(=O)CN(C)C(=O)C2CCCN2C(=O)C2CCCCC2)c1. The second-order valence-corrected chi connectivity index (χ2v) is 7.99. The standard InChI is InChI=1S/C21H30N4O3/c1-15-10-11-22-18(13-15)23-19(26)14-24(2)21(28)17-9-6-12-25(17)20(27)16-7-4-3-5-8-16/h10-11,13,16-17H,3-9,12,14H2,1-2H3,(H,22,23,26). The third-order valence-electron chi connectivity index (χ3n) is 5.72. The minimum atomic E-state index is -0.440. The highest BCUT2D eigenvalue weighted by molar-refractivity contribution is 5.95. The van der Waals surface area contributed by atoms with Crippen molar-refractivity contribution in [2.24, 2.45) is 5.92 Å². The summed E-state index contributed by atoms with van der Waals surface area (Å²) in [5.74, 6) is 0.201. The van der Waals surface area contributed by atoms with E-state index in [1.807, 2.05) is 13.0 Å². The summed E-state index contributed by atoms with van der Waals surface area (Å²) in [6, 6.07) is 3.19. The van der Waals surface area contributed by atoms with Gasteiger partial charge in [0.1, 0.15) is 11.9 Å². The zero-order valence-electron chi connectivity index (χ0n) is 16.8. The molecule has 1 aromatic rings. The monoisotopic (exact) mass is 386 g/mol. The number of likely N-dealkylation sites (tertiary alicyclic amines) is 1. The van der Waals surface area contributed by atoms with Gasteiger partial charge in [-0.1, -0.05) is 19.3 Å². The van der Waals surface area contributed by atoms with Crippen LogP contribution in [0.25, 0.3) is 0 Å². The van der Waals surface area contributed by atoms with Crippen LogP contribution in [0.2, 0.25) is 0 Å². The van der Waals surface area contributed by atoms with Crippen LogP contribution < -0.4 is 5.32 Å². The Kier molecular flexibility index (Phi) is 6.65. The Labute approximate surface area is 166 Å². The average Bonchev–Trinajstić information content (AvgIpc) is 3.17. The Balaban J connectivity index is 1.56. The molecule has 0 spiro atoms. The lowest BCUT2D eigenvalue weighted by atomic mass is 9.88. The number of nitrogens with zero attached hydrogens (tertiary/aromatic N) is 3. The summed E-state index contributed by atoms with van der Waals surface area (Å²) in [7, 11) is 1.62. The third-order valence-corrected chi connectivity index (χ3v) is 5.72. The van der Waals surface area contributed by atoms with Crippen molar-refractivity contribution in [2.45, 2.75) is 57.9 Å². The molecule has 1 N–H and O–H groups in total. The molecule has 1 aliphatic heterocycles. The summed E-state index contributed by atoms with van der Waals surface area (Å²) in [5.41, 5.74) is 0.998. The summed E-state index contributed by atoms with van der Waals surface area (Å²) in [5, 5.41) is 2.72. The number of hydrogen-bond donors (Lipinski definition) is 1. The molecule has 2 aliphatic rings. The molecule has 7 heteroatoms. The van der Waals surface area contributed by atoms with Crippen molar-refractivity contribution in [3.63, 3.8) is 0 Å². The van der Waals surface area contributed by atoms with E-state index in [0.717, 1.165) is 37.7 Å². The summed E-state index contributed by atoms with van der Waals surface area (Å²) in [6.07, 6.45) is 8.37.